The van der Waals surface area contributed by atoms with Crippen LogP contribution in [-0.2, 0) is 0 Å². The molecule has 1 unspecified atom stereocenters. The van der Waals surface area contributed by atoms with Crippen molar-refractivity contribution in [1.82, 2.24) is 10.2 Å². The maximum Gasteiger partial charge on any atom is 0.276 e. The summed E-state index contributed by atoms with van der Waals surface area (Å²) in [5.74, 6) is 1.36. The molecule has 3 aromatic rings. The van der Waals surface area contributed by atoms with Crippen LogP contribution in [0.25, 0.3) is 10.8 Å². The highest BCUT2D eigenvalue weighted by atomic mass is 32.2. The molecule has 0 aliphatic carbocycles. The van der Waals surface area contributed by atoms with E-state index in [1.807, 2.05) is 17.5 Å². The number of rotatable bonds is 8. The SMILES string of the molecule is CC(=O)c1cccc(OCC(O)CSc2nnc(-c3cccs3)o2)c1. The average molecular weight is 376 g/mol. The van der Waals surface area contributed by atoms with E-state index in [4.69, 9.17) is 9.15 Å². The molecule has 0 radical (unpaired) electrons. The molecule has 25 heavy (non-hydrogen) atoms. The molecule has 130 valence electrons. The van der Waals surface area contributed by atoms with Gasteiger partial charge >= 0.3 is 0 Å². The maximum absolute atomic E-state index is 11.4. The van der Waals surface area contributed by atoms with Gasteiger partial charge in [-0.2, -0.15) is 0 Å². The molecular formula is C17H16N2O4S2. The second kappa shape index (κ2) is 8.28. The van der Waals surface area contributed by atoms with Crippen LogP contribution < -0.4 is 4.74 Å². The summed E-state index contributed by atoms with van der Waals surface area (Å²) >= 11 is 2.79. The normalized spacial score (nSPS) is 12.1. The Hall–Kier alpha value is -2.16. The minimum Gasteiger partial charge on any atom is -0.491 e. The summed E-state index contributed by atoms with van der Waals surface area (Å²) in [6, 6.07) is 10.7. The topological polar surface area (TPSA) is 85.5 Å². The lowest BCUT2D eigenvalue weighted by Gasteiger charge is -2.11. The van der Waals surface area contributed by atoms with Crippen LogP contribution in [0.2, 0.25) is 0 Å². The van der Waals surface area contributed by atoms with Crippen LogP contribution >= 0.6 is 23.1 Å². The van der Waals surface area contributed by atoms with Crippen molar-refractivity contribution in [1.29, 1.82) is 0 Å². The Bertz CT molecular complexity index is 833. The first kappa shape index (κ1) is 17.7. The van der Waals surface area contributed by atoms with E-state index < -0.39 is 6.10 Å². The lowest BCUT2D eigenvalue weighted by Crippen LogP contribution is -2.20. The van der Waals surface area contributed by atoms with Crippen molar-refractivity contribution in [3.05, 3.63) is 47.3 Å². The molecule has 0 saturated carbocycles. The summed E-state index contributed by atoms with van der Waals surface area (Å²) in [6.07, 6.45) is -0.705. The Kier molecular flexibility index (Phi) is 5.85. The summed E-state index contributed by atoms with van der Waals surface area (Å²) < 4.78 is 11.1. The molecule has 8 heteroatoms. The molecule has 6 nitrogen and oxygen atoms in total. The third kappa shape index (κ3) is 4.91. The maximum atomic E-state index is 11.4. The van der Waals surface area contributed by atoms with Gasteiger partial charge in [-0.3, -0.25) is 4.79 Å². The van der Waals surface area contributed by atoms with E-state index in [9.17, 15) is 9.90 Å². The number of aliphatic hydroxyl groups excluding tert-OH is 1. The second-order valence-corrected chi connectivity index (χ2v) is 7.13. The van der Waals surface area contributed by atoms with Gasteiger partial charge in [0.15, 0.2) is 5.78 Å². The second-order valence-electron chi connectivity index (χ2n) is 5.21. The number of ether oxygens (including phenoxy) is 1. The van der Waals surface area contributed by atoms with Gasteiger partial charge < -0.3 is 14.3 Å². The number of Topliss-reactive ketones (excluding diaryl/α,β-unsaturated/α-hetero) is 1. The Labute approximate surface area is 152 Å². The third-order valence-corrected chi connectivity index (χ3v) is 5.04. The minimum absolute atomic E-state index is 0.0282. The van der Waals surface area contributed by atoms with E-state index >= 15 is 0 Å². The van der Waals surface area contributed by atoms with Crippen LogP contribution in [0.1, 0.15) is 17.3 Å². The number of hydrogen-bond donors (Lipinski definition) is 1. The van der Waals surface area contributed by atoms with Gasteiger partial charge in [-0.1, -0.05) is 30.0 Å². The van der Waals surface area contributed by atoms with E-state index in [1.54, 1.807) is 24.3 Å². The zero-order chi connectivity index (χ0) is 17.6. The van der Waals surface area contributed by atoms with Crippen LogP contribution in [0.4, 0.5) is 0 Å². The number of nitrogens with zero attached hydrogens (tertiary/aromatic N) is 2. The van der Waals surface area contributed by atoms with E-state index in [1.165, 1.54) is 30.0 Å². The highest BCUT2D eigenvalue weighted by Crippen LogP contribution is 2.26. The van der Waals surface area contributed by atoms with Gasteiger partial charge in [-0.25, -0.2) is 0 Å². The van der Waals surface area contributed by atoms with Crippen molar-refractivity contribution < 1.29 is 19.1 Å². The fraction of sp³-hybridized carbons (Fsp3) is 0.235. The van der Waals surface area contributed by atoms with Gasteiger partial charge in [-0.15, -0.1) is 21.5 Å². The number of hydrogen-bond acceptors (Lipinski definition) is 8. The molecule has 0 aliphatic rings. The van der Waals surface area contributed by atoms with Gasteiger partial charge in [0.05, 0.1) is 11.0 Å². The Morgan fingerprint density at radius 2 is 2.24 bits per heavy atom. The van der Waals surface area contributed by atoms with Gasteiger partial charge in [0.1, 0.15) is 12.4 Å². The predicted molar refractivity (Wildman–Crippen MR) is 96.3 cm³/mol. The van der Waals surface area contributed by atoms with Crippen LogP contribution in [0, 0.1) is 0 Å². The van der Waals surface area contributed by atoms with Crippen molar-refractivity contribution in [2.75, 3.05) is 12.4 Å². The summed E-state index contributed by atoms with van der Waals surface area (Å²) in [5.41, 5.74) is 0.577. The highest BCUT2D eigenvalue weighted by molar-refractivity contribution is 7.99. The number of ketones is 1. The molecule has 0 saturated heterocycles. The van der Waals surface area contributed by atoms with Crippen LogP contribution in [0.3, 0.4) is 0 Å². The average Bonchev–Trinajstić information content (AvgIpc) is 3.29. The molecule has 2 aromatic heterocycles. The van der Waals surface area contributed by atoms with Gasteiger partial charge in [-0.05, 0) is 30.5 Å². The van der Waals surface area contributed by atoms with Crippen LogP contribution in [-0.4, -0.2) is 39.6 Å². The lowest BCUT2D eigenvalue weighted by molar-refractivity contribution is 0.101. The largest absolute Gasteiger partial charge is 0.491 e. The Balaban J connectivity index is 1.47. The Morgan fingerprint density at radius 3 is 3.00 bits per heavy atom. The first-order valence-corrected chi connectivity index (χ1v) is 9.40. The molecule has 1 N–H and O–H groups in total. The first-order chi connectivity index (χ1) is 12.1. The number of thioether (sulfide) groups is 1. The summed E-state index contributed by atoms with van der Waals surface area (Å²) in [5, 5.41) is 20.3. The number of aliphatic hydroxyl groups is 1. The standard InChI is InChI=1S/C17H16N2O4S2/c1-11(20)12-4-2-5-14(8-12)22-9-13(21)10-25-17-19-18-16(23-17)15-6-3-7-24-15/h2-8,13,21H,9-10H2,1H3. The van der Waals surface area contributed by atoms with E-state index in [2.05, 4.69) is 10.2 Å². The van der Waals surface area contributed by atoms with Crippen LogP contribution in [0.15, 0.2) is 51.4 Å². The van der Waals surface area contributed by atoms with Crippen molar-refractivity contribution in [3.8, 4) is 16.5 Å². The van der Waals surface area contributed by atoms with Crippen LogP contribution in [0.5, 0.6) is 5.75 Å². The summed E-state index contributed by atoms with van der Waals surface area (Å²) in [4.78, 5) is 12.3. The Morgan fingerprint density at radius 1 is 1.36 bits per heavy atom. The van der Waals surface area contributed by atoms with Gasteiger partial charge in [0.25, 0.3) is 11.1 Å². The molecule has 0 amide bonds. The van der Waals surface area contributed by atoms with E-state index in [0.717, 1.165) is 4.88 Å². The molecule has 0 spiro atoms. The fourth-order valence-corrected chi connectivity index (χ4v) is 3.29. The predicted octanol–water partition coefficient (Wildman–Crippen LogP) is 3.53. The number of carbonyl (C=O) groups is 1. The molecule has 3 rings (SSSR count). The van der Waals surface area contributed by atoms with E-state index in [-0.39, 0.29) is 12.4 Å². The monoisotopic (exact) mass is 376 g/mol. The lowest BCUT2D eigenvalue weighted by atomic mass is 10.1. The zero-order valence-electron chi connectivity index (χ0n) is 13.4. The van der Waals surface area contributed by atoms with E-state index in [0.29, 0.717) is 28.2 Å². The molecule has 0 aliphatic heterocycles. The molecule has 2 heterocycles. The molecule has 0 fully saturated rings. The van der Waals surface area contributed by atoms with Crippen molar-refractivity contribution >= 4 is 28.9 Å². The molecular weight excluding hydrogens is 360 g/mol. The molecule has 1 atom stereocenters. The van der Waals surface area contributed by atoms with Gasteiger partial charge in [0.2, 0.25) is 0 Å². The third-order valence-electron chi connectivity index (χ3n) is 3.22. The summed E-state index contributed by atoms with van der Waals surface area (Å²) in [7, 11) is 0. The summed E-state index contributed by atoms with van der Waals surface area (Å²) in [6.45, 7) is 1.61. The number of thiophene rings is 1. The molecule has 0 bridgehead atoms. The van der Waals surface area contributed by atoms with Crippen molar-refractivity contribution in [2.24, 2.45) is 0 Å². The number of benzene rings is 1. The van der Waals surface area contributed by atoms with Crippen molar-refractivity contribution in [3.63, 3.8) is 0 Å². The number of aromatic nitrogens is 2. The smallest absolute Gasteiger partial charge is 0.276 e. The van der Waals surface area contributed by atoms with Crippen molar-refractivity contribution in [2.45, 2.75) is 18.3 Å². The highest BCUT2D eigenvalue weighted by Gasteiger charge is 2.13. The number of carbonyl (C=O) groups excluding carboxylic acids is 1. The minimum atomic E-state index is -0.705. The van der Waals surface area contributed by atoms with Gasteiger partial charge in [0, 0.05) is 11.3 Å². The quantitative estimate of drug-likeness (QED) is 0.475. The zero-order valence-corrected chi connectivity index (χ0v) is 15.0. The first-order valence-electron chi connectivity index (χ1n) is 7.54. The molecule has 1 aromatic carbocycles. The fourth-order valence-electron chi connectivity index (χ4n) is 1.98.